The zero-order valence-corrected chi connectivity index (χ0v) is 15.6. The minimum atomic E-state index is -0.729. The lowest BCUT2D eigenvalue weighted by Crippen LogP contribution is -2.54. The van der Waals surface area contributed by atoms with E-state index in [1.54, 1.807) is 0 Å². The second-order valence-corrected chi connectivity index (χ2v) is 6.52. The molecule has 1 aromatic heterocycles. The predicted molar refractivity (Wildman–Crippen MR) is 103 cm³/mol. The first-order valence-corrected chi connectivity index (χ1v) is 8.59. The Labute approximate surface area is 157 Å². The maximum atomic E-state index is 12.6. The summed E-state index contributed by atoms with van der Waals surface area (Å²) in [6.45, 7) is 9.50. The minimum Gasteiger partial charge on any atom is -0.318 e. The third-order valence-corrected chi connectivity index (χ3v) is 4.56. The molecule has 1 fully saturated rings. The molecule has 0 atom stereocenters. The molecule has 0 radical (unpaired) electrons. The fourth-order valence-electron chi connectivity index (χ4n) is 3.17. The van der Waals surface area contributed by atoms with Gasteiger partial charge in [0.15, 0.2) is 0 Å². The molecule has 6 heteroatoms. The molecule has 0 aliphatic carbocycles. The maximum Gasteiger partial charge on any atom is 0.331 e. The van der Waals surface area contributed by atoms with E-state index in [0.717, 1.165) is 27.5 Å². The van der Waals surface area contributed by atoms with Crippen LogP contribution in [0.1, 0.15) is 22.5 Å². The number of nitrogens with zero attached hydrogens (tertiary/aromatic N) is 2. The number of imide groups is 2. The number of barbiturate groups is 1. The number of carbonyl (C=O) groups is 3. The number of hydrogen-bond acceptors (Lipinski definition) is 3. The predicted octanol–water partition coefficient (Wildman–Crippen LogP) is 3.05. The molecule has 1 aromatic carbocycles. The summed E-state index contributed by atoms with van der Waals surface area (Å²) in [6, 6.07) is 9.29. The van der Waals surface area contributed by atoms with Gasteiger partial charge in [0.2, 0.25) is 0 Å². The Morgan fingerprint density at radius 3 is 2.37 bits per heavy atom. The average molecular weight is 363 g/mol. The van der Waals surface area contributed by atoms with Gasteiger partial charge in [0.05, 0.1) is 0 Å². The molecule has 0 saturated carbocycles. The van der Waals surface area contributed by atoms with E-state index in [-0.39, 0.29) is 12.1 Å². The van der Waals surface area contributed by atoms with Crippen molar-refractivity contribution in [3.63, 3.8) is 0 Å². The summed E-state index contributed by atoms with van der Waals surface area (Å²) >= 11 is 0. The van der Waals surface area contributed by atoms with E-state index in [0.29, 0.717) is 0 Å². The van der Waals surface area contributed by atoms with E-state index in [1.807, 2.05) is 51.1 Å². The molecule has 2 heterocycles. The van der Waals surface area contributed by atoms with Crippen molar-refractivity contribution in [2.24, 2.45) is 0 Å². The summed E-state index contributed by atoms with van der Waals surface area (Å²) in [4.78, 5) is 37.6. The van der Waals surface area contributed by atoms with Gasteiger partial charge in [0.1, 0.15) is 5.57 Å². The number of aromatic nitrogens is 1. The number of urea groups is 1. The van der Waals surface area contributed by atoms with Crippen LogP contribution >= 0.6 is 0 Å². The SMILES string of the molecule is C=CCN1C(=O)NC(=O)/C(=C\c2cc(C)n(-c3ccc(C)cc3)c2C)C1=O. The highest BCUT2D eigenvalue weighted by atomic mass is 16.2. The fraction of sp³-hybridized carbons (Fsp3) is 0.190. The Balaban J connectivity index is 2.04. The van der Waals surface area contributed by atoms with E-state index in [9.17, 15) is 14.4 Å². The molecule has 0 bridgehead atoms. The molecule has 1 saturated heterocycles. The number of amides is 4. The fourth-order valence-corrected chi connectivity index (χ4v) is 3.17. The van der Waals surface area contributed by atoms with Crippen molar-refractivity contribution in [2.75, 3.05) is 6.54 Å². The van der Waals surface area contributed by atoms with Crippen LogP contribution in [0.3, 0.4) is 0 Å². The van der Waals surface area contributed by atoms with Crippen molar-refractivity contribution in [3.8, 4) is 5.69 Å². The van der Waals surface area contributed by atoms with Gasteiger partial charge < -0.3 is 4.57 Å². The van der Waals surface area contributed by atoms with Crippen molar-refractivity contribution < 1.29 is 14.4 Å². The number of aryl methyl sites for hydroxylation is 2. The quantitative estimate of drug-likeness (QED) is 0.516. The standard InChI is InChI=1S/C21H21N3O3/c1-5-10-23-20(26)18(19(25)22-21(23)27)12-16-11-14(3)24(15(16)4)17-8-6-13(2)7-9-17/h5-9,11-12H,1,10H2,2-4H3,(H,22,25,27)/b18-12+. The number of benzene rings is 1. The summed E-state index contributed by atoms with van der Waals surface area (Å²) < 4.78 is 2.06. The lowest BCUT2D eigenvalue weighted by atomic mass is 10.1. The van der Waals surface area contributed by atoms with Crippen LogP contribution in [-0.4, -0.2) is 33.9 Å². The minimum absolute atomic E-state index is 0.0394. The summed E-state index contributed by atoms with van der Waals surface area (Å²) in [6.07, 6.45) is 2.97. The van der Waals surface area contributed by atoms with Crippen LogP contribution < -0.4 is 5.32 Å². The topological polar surface area (TPSA) is 71.4 Å². The Bertz CT molecular complexity index is 981. The van der Waals surface area contributed by atoms with Crippen molar-refractivity contribution in [1.29, 1.82) is 0 Å². The van der Waals surface area contributed by atoms with Crippen molar-refractivity contribution >= 4 is 23.9 Å². The maximum absolute atomic E-state index is 12.6. The summed E-state index contributed by atoms with van der Waals surface area (Å²) in [5.74, 6) is -1.31. The van der Waals surface area contributed by atoms with Gasteiger partial charge in [0.25, 0.3) is 11.8 Å². The van der Waals surface area contributed by atoms with E-state index in [4.69, 9.17) is 0 Å². The molecule has 1 N–H and O–H groups in total. The Kier molecular flexibility index (Phi) is 4.81. The first kappa shape index (κ1) is 18.4. The second-order valence-electron chi connectivity index (χ2n) is 6.52. The number of rotatable bonds is 4. The van der Waals surface area contributed by atoms with Crippen molar-refractivity contribution in [1.82, 2.24) is 14.8 Å². The van der Waals surface area contributed by atoms with Gasteiger partial charge in [-0.2, -0.15) is 0 Å². The lowest BCUT2D eigenvalue weighted by molar-refractivity contribution is -0.129. The van der Waals surface area contributed by atoms with Crippen LogP contribution in [0, 0.1) is 20.8 Å². The lowest BCUT2D eigenvalue weighted by Gasteiger charge is -2.25. The third kappa shape index (κ3) is 3.33. The normalized spacial score (nSPS) is 16.0. The summed E-state index contributed by atoms with van der Waals surface area (Å²) in [7, 11) is 0. The molecule has 1 aliphatic heterocycles. The van der Waals surface area contributed by atoms with E-state index in [1.165, 1.54) is 17.7 Å². The molecule has 27 heavy (non-hydrogen) atoms. The average Bonchev–Trinajstić information content (AvgIpc) is 2.90. The van der Waals surface area contributed by atoms with Gasteiger partial charge in [-0.05, 0) is 50.6 Å². The Morgan fingerprint density at radius 2 is 1.74 bits per heavy atom. The van der Waals surface area contributed by atoms with Crippen molar-refractivity contribution in [3.05, 3.63) is 71.1 Å². The molecule has 0 unspecified atom stereocenters. The van der Waals surface area contributed by atoms with Gasteiger partial charge in [-0.15, -0.1) is 6.58 Å². The molecular formula is C21H21N3O3. The number of nitrogens with one attached hydrogen (secondary N) is 1. The van der Waals surface area contributed by atoms with Crippen LogP contribution in [0.4, 0.5) is 4.79 Å². The zero-order valence-electron chi connectivity index (χ0n) is 15.6. The molecule has 2 aromatic rings. The van der Waals surface area contributed by atoms with E-state index >= 15 is 0 Å². The second kappa shape index (κ2) is 7.07. The smallest absolute Gasteiger partial charge is 0.318 e. The summed E-state index contributed by atoms with van der Waals surface area (Å²) in [5, 5.41) is 2.20. The van der Waals surface area contributed by atoms with E-state index in [2.05, 4.69) is 16.5 Å². The van der Waals surface area contributed by atoms with Gasteiger partial charge in [-0.1, -0.05) is 23.8 Å². The molecular weight excluding hydrogens is 342 g/mol. The van der Waals surface area contributed by atoms with Crippen LogP contribution in [0.25, 0.3) is 11.8 Å². The van der Waals surface area contributed by atoms with Crippen LogP contribution in [0.5, 0.6) is 0 Å². The first-order chi connectivity index (χ1) is 12.8. The Morgan fingerprint density at radius 1 is 1.07 bits per heavy atom. The molecule has 138 valence electrons. The van der Waals surface area contributed by atoms with Crippen LogP contribution in [0.2, 0.25) is 0 Å². The van der Waals surface area contributed by atoms with Gasteiger partial charge in [-0.25, -0.2) is 4.79 Å². The highest BCUT2D eigenvalue weighted by molar-refractivity contribution is 6.31. The van der Waals surface area contributed by atoms with Crippen LogP contribution in [0.15, 0.2) is 48.6 Å². The number of carbonyl (C=O) groups excluding carboxylic acids is 3. The molecule has 3 rings (SSSR count). The van der Waals surface area contributed by atoms with Gasteiger partial charge in [-0.3, -0.25) is 19.8 Å². The van der Waals surface area contributed by atoms with Crippen LogP contribution in [-0.2, 0) is 9.59 Å². The van der Waals surface area contributed by atoms with Gasteiger partial charge >= 0.3 is 6.03 Å². The number of hydrogen-bond donors (Lipinski definition) is 1. The third-order valence-electron chi connectivity index (χ3n) is 4.56. The van der Waals surface area contributed by atoms with E-state index < -0.39 is 17.8 Å². The molecule has 0 spiro atoms. The largest absolute Gasteiger partial charge is 0.331 e. The molecule has 4 amide bonds. The first-order valence-electron chi connectivity index (χ1n) is 8.59. The highest BCUT2D eigenvalue weighted by Gasteiger charge is 2.35. The Hall–Kier alpha value is -3.41. The monoisotopic (exact) mass is 363 g/mol. The summed E-state index contributed by atoms with van der Waals surface area (Å²) in [5.41, 5.74) is 4.73. The highest BCUT2D eigenvalue weighted by Crippen LogP contribution is 2.24. The van der Waals surface area contributed by atoms with Crippen molar-refractivity contribution in [2.45, 2.75) is 20.8 Å². The zero-order chi connectivity index (χ0) is 19.7. The van der Waals surface area contributed by atoms with Gasteiger partial charge in [0, 0.05) is 23.6 Å². The molecule has 6 nitrogen and oxygen atoms in total. The molecule has 1 aliphatic rings.